The van der Waals surface area contributed by atoms with E-state index in [0.29, 0.717) is 18.5 Å². The molecule has 118 valence electrons. The molecule has 1 aromatic rings. The largest absolute Gasteiger partial charge is 0.394 e. The Bertz CT molecular complexity index is 556. The van der Waals surface area contributed by atoms with E-state index in [0.717, 1.165) is 37.9 Å². The molecule has 1 aromatic carbocycles. The molecular weight excluding hydrogens is 280 g/mol. The van der Waals surface area contributed by atoms with Crippen molar-refractivity contribution in [3.05, 3.63) is 29.8 Å². The van der Waals surface area contributed by atoms with Crippen LogP contribution >= 0.6 is 0 Å². The van der Waals surface area contributed by atoms with Crippen LogP contribution in [0.5, 0.6) is 0 Å². The summed E-state index contributed by atoms with van der Waals surface area (Å²) in [5.74, 6) is 0.123. The first-order valence-electron chi connectivity index (χ1n) is 8.03. The second kappa shape index (κ2) is 6.48. The number of carbonyl (C=O) groups is 2. The van der Waals surface area contributed by atoms with Crippen molar-refractivity contribution < 1.29 is 14.7 Å². The summed E-state index contributed by atoms with van der Waals surface area (Å²) >= 11 is 0. The molecule has 0 radical (unpaired) electrons. The van der Waals surface area contributed by atoms with Gasteiger partial charge >= 0.3 is 0 Å². The van der Waals surface area contributed by atoms with Gasteiger partial charge in [-0.1, -0.05) is 0 Å². The molecular formula is C17H22N2O3. The van der Waals surface area contributed by atoms with Gasteiger partial charge in [0.25, 0.3) is 5.91 Å². The number of anilines is 1. The standard InChI is InChI=1S/C17H22N2O3/c20-12-15-4-3-11-19(15)17(22)13-6-8-14(9-7-13)18-10-2-1-5-16(18)21/h6-9,15,20H,1-5,10-12H2/t15-/m1/s1. The second-order valence-corrected chi connectivity index (χ2v) is 6.03. The first-order chi connectivity index (χ1) is 10.7. The fraction of sp³-hybridized carbons (Fsp3) is 0.529. The summed E-state index contributed by atoms with van der Waals surface area (Å²) in [6, 6.07) is 7.20. The highest BCUT2D eigenvalue weighted by molar-refractivity contribution is 5.97. The van der Waals surface area contributed by atoms with Crippen LogP contribution in [0.3, 0.4) is 0 Å². The number of benzene rings is 1. The van der Waals surface area contributed by atoms with Crippen LogP contribution in [0.2, 0.25) is 0 Å². The molecule has 2 aliphatic rings. The molecule has 2 aliphatic heterocycles. The Morgan fingerprint density at radius 2 is 1.91 bits per heavy atom. The molecule has 2 saturated heterocycles. The van der Waals surface area contributed by atoms with Crippen LogP contribution in [-0.2, 0) is 4.79 Å². The van der Waals surface area contributed by atoms with E-state index in [1.54, 1.807) is 21.9 Å². The molecule has 0 unspecified atom stereocenters. The summed E-state index contributed by atoms with van der Waals surface area (Å²) in [4.78, 5) is 28.0. The van der Waals surface area contributed by atoms with Crippen LogP contribution in [-0.4, -0.2) is 47.6 Å². The topological polar surface area (TPSA) is 60.9 Å². The SMILES string of the molecule is O=C1CCCCN1c1ccc(C(=O)N2CCC[C@@H]2CO)cc1. The summed E-state index contributed by atoms with van der Waals surface area (Å²) in [6.45, 7) is 1.48. The van der Waals surface area contributed by atoms with Crippen LogP contribution in [0.25, 0.3) is 0 Å². The first kappa shape index (κ1) is 15.0. The zero-order valence-corrected chi connectivity index (χ0v) is 12.7. The van der Waals surface area contributed by atoms with Gasteiger partial charge in [0.05, 0.1) is 12.6 Å². The van der Waals surface area contributed by atoms with Gasteiger partial charge in [0.1, 0.15) is 0 Å². The zero-order valence-electron chi connectivity index (χ0n) is 12.7. The van der Waals surface area contributed by atoms with E-state index in [9.17, 15) is 14.7 Å². The van der Waals surface area contributed by atoms with Gasteiger partial charge in [-0.2, -0.15) is 0 Å². The van der Waals surface area contributed by atoms with Crippen molar-refractivity contribution >= 4 is 17.5 Å². The molecule has 2 amide bonds. The van der Waals surface area contributed by atoms with E-state index in [2.05, 4.69) is 0 Å². The zero-order chi connectivity index (χ0) is 15.5. The average molecular weight is 302 g/mol. The van der Waals surface area contributed by atoms with Gasteiger partial charge < -0.3 is 14.9 Å². The van der Waals surface area contributed by atoms with E-state index >= 15 is 0 Å². The lowest BCUT2D eigenvalue weighted by atomic mass is 10.1. The molecule has 5 heteroatoms. The third kappa shape index (κ3) is 2.86. The number of carbonyl (C=O) groups excluding carboxylic acids is 2. The molecule has 3 rings (SSSR count). The normalized spacial score (nSPS) is 22.2. The molecule has 0 bridgehead atoms. The summed E-state index contributed by atoms with van der Waals surface area (Å²) in [6.07, 6.45) is 4.40. The predicted octanol–water partition coefficient (Wildman–Crippen LogP) is 1.80. The Hall–Kier alpha value is -1.88. The lowest BCUT2D eigenvalue weighted by Gasteiger charge is -2.27. The summed E-state index contributed by atoms with van der Waals surface area (Å²) in [5, 5.41) is 9.34. The maximum Gasteiger partial charge on any atom is 0.254 e. The maximum absolute atomic E-state index is 12.5. The molecule has 0 saturated carbocycles. The number of hydrogen-bond donors (Lipinski definition) is 1. The molecule has 22 heavy (non-hydrogen) atoms. The smallest absolute Gasteiger partial charge is 0.254 e. The predicted molar refractivity (Wildman–Crippen MR) is 83.8 cm³/mol. The van der Waals surface area contributed by atoms with Crippen LogP contribution in [0.4, 0.5) is 5.69 Å². The fourth-order valence-corrected chi connectivity index (χ4v) is 3.32. The lowest BCUT2D eigenvalue weighted by molar-refractivity contribution is -0.119. The number of hydrogen-bond acceptors (Lipinski definition) is 3. The van der Waals surface area contributed by atoms with Gasteiger partial charge in [-0.25, -0.2) is 0 Å². The summed E-state index contributed by atoms with van der Waals surface area (Å²) in [5.41, 5.74) is 1.48. The van der Waals surface area contributed by atoms with E-state index in [1.807, 2.05) is 12.1 Å². The first-order valence-corrected chi connectivity index (χ1v) is 8.03. The molecule has 0 aliphatic carbocycles. The highest BCUT2D eigenvalue weighted by Gasteiger charge is 2.29. The Morgan fingerprint density at radius 3 is 2.59 bits per heavy atom. The third-order valence-corrected chi connectivity index (χ3v) is 4.60. The van der Waals surface area contributed by atoms with Gasteiger partial charge in [0.15, 0.2) is 0 Å². The van der Waals surface area contributed by atoms with Crippen molar-refractivity contribution in [2.45, 2.75) is 38.1 Å². The Morgan fingerprint density at radius 1 is 1.14 bits per heavy atom. The minimum Gasteiger partial charge on any atom is -0.394 e. The second-order valence-electron chi connectivity index (χ2n) is 6.03. The minimum atomic E-state index is -0.0594. The van der Waals surface area contributed by atoms with Crippen molar-refractivity contribution in [3.8, 4) is 0 Å². The maximum atomic E-state index is 12.5. The molecule has 1 atom stereocenters. The quantitative estimate of drug-likeness (QED) is 0.926. The summed E-state index contributed by atoms with van der Waals surface area (Å²) in [7, 11) is 0. The molecule has 1 N–H and O–H groups in total. The van der Waals surface area contributed by atoms with E-state index in [4.69, 9.17) is 0 Å². The number of likely N-dealkylation sites (tertiary alicyclic amines) is 1. The third-order valence-electron chi connectivity index (χ3n) is 4.60. The van der Waals surface area contributed by atoms with Gasteiger partial charge in [-0.3, -0.25) is 9.59 Å². The highest BCUT2D eigenvalue weighted by atomic mass is 16.3. The van der Waals surface area contributed by atoms with Crippen LogP contribution < -0.4 is 4.90 Å². The minimum absolute atomic E-state index is 0.0199. The lowest BCUT2D eigenvalue weighted by Crippen LogP contribution is -2.37. The van der Waals surface area contributed by atoms with Crippen LogP contribution in [0.15, 0.2) is 24.3 Å². The number of amides is 2. The highest BCUT2D eigenvalue weighted by Crippen LogP contribution is 2.24. The van der Waals surface area contributed by atoms with Crippen molar-refractivity contribution in [2.75, 3.05) is 24.6 Å². The molecule has 0 spiro atoms. The van der Waals surface area contributed by atoms with E-state index < -0.39 is 0 Å². The average Bonchev–Trinajstić information content (AvgIpc) is 3.03. The number of aliphatic hydroxyl groups is 1. The Labute approximate surface area is 130 Å². The van der Waals surface area contributed by atoms with E-state index in [-0.39, 0.29) is 24.5 Å². The Kier molecular flexibility index (Phi) is 4.43. The summed E-state index contributed by atoms with van der Waals surface area (Å²) < 4.78 is 0. The number of aliphatic hydroxyl groups excluding tert-OH is 1. The van der Waals surface area contributed by atoms with Crippen molar-refractivity contribution in [2.24, 2.45) is 0 Å². The van der Waals surface area contributed by atoms with Gasteiger partial charge in [0.2, 0.25) is 5.91 Å². The van der Waals surface area contributed by atoms with Gasteiger partial charge in [0, 0.05) is 30.8 Å². The number of piperidine rings is 1. The molecule has 2 fully saturated rings. The van der Waals surface area contributed by atoms with Gasteiger partial charge in [-0.15, -0.1) is 0 Å². The van der Waals surface area contributed by atoms with Gasteiger partial charge in [-0.05, 0) is 49.9 Å². The molecule has 2 heterocycles. The van der Waals surface area contributed by atoms with Crippen molar-refractivity contribution in [1.82, 2.24) is 4.90 Å². The van der Waals surface area contributed by atoms with Crippen LogP contribution in [0.1, 0.15) is 42.5 Å². The number of nitrogens with zero attached hydrogens (tertiary/aromatic N) is 2. The molecule has 5 nitrogen and oxygen atoms in total. The monoisotopic (exact) mass is 302 g/mol. The van der Waals surface area contributed by atoms with Crippen LogP contribution in [0, 0.1) is 0 Å². The molecule has 0 aromatic heterocycles. The van der Waals surface area contributed by atoms with Crippen molar-refractivity contribution in [1.29, 1.82) is 0 Å². The Balaban J connectivity index is 1.73. The number of rotatable bonds is 3. The van der Waals surface area contributed by atoms with E-state index in [1.165, 1.54) is 0 Å². The van der Waals surface area contributed by atoms with Crippen molar-refractivity contribution in [3.63, 3.8) is 0 Å². The fourth-order valence-electron chi connectivity index (χ4n) is 3.32.